The van der Waals surface area contributed by atoms with E-state index in [4.69, 9.17) is 0 Å². The van der Waals surface area contributed by atoms with E-state index in [0.717, 1.165) is 18.5 Å². The maximum absolute atomic E-state index is 11.7. The Balaban J connectivity index is 2.04. The fourth-order valence-corrected chi connectivity index (χ4v) is 2.50. The topological polar surface area (TPSA) is 41.1 Å². The van der Waals surface area contributed by atoms with Crippen LogP contribution >= 0.6 is 0 Å². The van der Waals surface area contributed by atoms with E-state index in [2.05, 4.69) is 48.7 Å². The predicted octanol–water partition coefficient (Wildman–Crippen LogP) is 3.60. The molecule has 0 aromatic heterocycles. The Morgan fingerprint density at radius 3 is 2.50 bits per heavy atom. The summed E-state index contributed by atoms with van der Waals surface area (Å²) in [5.74, 6) is -0.0487. The highest BCUT2D eigenvalue weighted by molar-refractivity contribution is 5.94. The van der Waals surface area contributed by atoms with Crippen molar-refractivity contribution in [3.8, 4) is 0 Å². The van der Waals surface area contributed by atoms with E-state index in [-0.39, 0.29) is 5.91 Å². The number of hydrogen-bond acceptors (Lipinski definition) is 2. The van der Waals surface area contributed by atoms with Crippen LogP contribution in [-0.4, -0.2) is 13.0 Å². The quantitative estimate of drug-likeness (QED) is 0.855. The van der Waals surface area contributed by atoms with Gasteiger partial charge in [-0.25, -0.2) is 0 Å². The van der Waals surface area contributed by atoms with Crippen molar-refractivity contribution < 1.29 is 4.79 Å². The highest BCUT2D eigenvalue weighted by Gasteiger charge is 2.09. The van der Waals surface area contributed by atoms with Crippen LogP contribution in [0.25, 0.3) is 0 Å². The highest BCUT2D eigenvalue weighted by atomic mass is 16.1. The minimum Gasteiger partial charge on any atom is -0.355 e. The van der Waals surface area contributed by atoms with Crippen molar-refractivity contribution >= 4 is 5.91 Å². The molecule has 0 fully saturated rings. The molecular formula is C19H24N2O. The Labute approximate surface area is 132 Å². The number of carbonyl (C=O) groups excluding carboxylic acids is 1. The maximum Gasteiger partial charge on any atom is 0.251 e. The molecule has 1 atom stereocenters. The first-order chi connectivity index (χ1) is 10.6. The highest BCUT2D eigenvalue weighted by Crippen LogP contribution is 2.18. The largest absolute Gasteiger partial charge is 0.355 e. The number of amides is 1. The van der Waals surface area contributed by atoms with Gasteiger partial charge in [-0.2, -0.15) is 0 Å². The molecule has 2 aromatic rings. The second-order valence-corrected chi connectivity index (χ2v) is 5.53. The Bertz CT molecular complexity index is 620. The van der Waals surface area contributed by atoms with Gasteiger partial charge in [-0.05, 0) is 36.6 Å². The van der Waals surface area contributed by atoms with Crippen molar-refractivity contribution in [3.05, 3.63) is 70.8 Å². The number of aryl methyl sites for hydroxylation is 1. The Morgan fingerprint density at radius 1 is 1.14 bits per heavy atom. The third-order valence-corrected chi connectivity index (χ3v) is 3.86. The molecule has 0 unspecified atom stereocenters. The average Bonchev–Trinajstić information content (AvgIpc) is 2.56. The summed E-state index contributed by atoms with van der Waals surface area (Å²) in [7, 11) is 1.65. The zero-order valence-corrected chi connectivity index (χ0v) is 13.5. The molecule has 3 nitrogen and oxygen atoms in total. The zero-order valence-electron chi connectivity index (χ0n) is 13.5. The van der Waals surface area contributed by atoms with E-state index in [9.17, 15) is 4.79 Å². The minimum atomic E-state index is -0.0487. The molecule has 0 heterocycles. The molecule has 0 saturated heterocycles. The van der Waals surface area contributed by atoms with Gasteiger partial charge in [0.1, 0.15) is 0 Å². The molecule has 0 spiro atoms. The van der Waals surface area contributed by atoms with E-state index >= 15 is 0 Å². The Morgan fingerprint density at radius 2 is 1.86 bits per heavy atom. The monoisotopic (exact) mass is 296 g/mol. The Kier molecular flexibility index (Phi) is 5.73. The molecule has 0 aliphatic carbocycles. The first-order valence-electron chi connectivity index (χ1n) is 7.75. The number of nitrogens with one attached hydrogen (secondary N) is 2. The molecule has 0 aliphatic heterocycles. The van der Waals surface area contributed by atoms with Gasteiger partial charge >= 0.3 is 0 Å². The van der Waals surface area contributed by atoms with Gasteiger partial charge < -0.3 is 10.6 Å². The summed E-state index contributed by atoms with van der Waals surface area (Å²) >= 11 is 0. The van der Waals surface area contributed by atoms with Gasteiger partial charge in [0.25, 0.3) is 5.91 Å². The molecule has 22 heavy (non-hydrogen) atoms. The fraction of sp³-hybridized carbons (Fsp3) is 0.316. The van der Waals surface area contributed by atoms with Gasteiger partial charge in [0.05, 0.1) is 0 Å². The predicted molar refractivity (Wildman–Crippen MR) is 90.9 cm³/mol. The van der Waals surface area contributed by atoms with Gasteiger partial charge in [0, 0.05) is 25.2 Å². The summed E-state index contributed by atoms with van der Waals surface area (Å²) in [6.07, 6.45) is 1.03. The third-order valence-electron chi connectivity index (χ3n) is 3.86. The van der Waals surface area contributed by atoms with E-state index in [1.54, 1.807) is 7.05 Å². The van der Waals surface area contributed by atoms with E-state index in [1.807, 2.05) is 24.3 Å². The molecule has 2 rings (SSSR count). The second-order valence-electron chi connectivity index (χ2n) is 5.53. The van der Waals surface area contributed by atoms with Crippen molar-refractivity contribution in [2.45, 2.75) is 32.9 Å². The zero-order chi connectivity index (χ0) is 15.9. The molecule has 0 bridgehead atoms. The van der Waals surface area contributed by atoms with Crippen LogP contribution in [-0.2, 0) is 6.54 Å². The molecule has 0 aliphatic rings. The summed E-state index contributed by atoms with van der Waals surface area (Å²) < 4.78 is 0. The van der Waals surface area contributed by atoms with Gasteiger partial charge in [-0.3, -0.25) is 4.79 Å². The molecule has 2 aromatic carbocycles. The van der Waals surface area contributed by atoms with Gasteiger partial charge in [-0.1, -0.05) is 48.9 Å². The molecule has 3 heteroatoms. The normalized spacial score (nSPS) is 12.0. The number of benzene rings is 2. The van der Waals surface area contributed by atoms with Crippen molar-refractivity contribution in [1.82, 2.24) is 10.6 Å². The van der Waals surface area contributed by atoms with Crippen LogP contribution in [0, 0.1) is 6.92 Å². The fourth-order valence-electron chi connectivity index (χ4n) is 2.50. The lowest BCUT2D eigenvalue weighted by Crippen LogP contribution is -2.21. The van der Waals surface area contributed by atoms with Crippen molar-refractivity contribution in [2.24, 2.45) is 0 Å². The molecular weight excluding hydrogens is 272 g/mol. The lowest BCUT2D eigenvalue weighted by molar-refractivity contribution is 0.0963. The first kappa shape index (κ1) is 16.2. The van der Waals surface area contributed by atoms with Crippen LogP contribution in [0.1, 0.15) is 46.4 Å². The molecule has 1 amide bonds. The van der Waals surface area contributed by atoms with Crippen LogP contribution in [0.4, 0.5) is 0 Å². The summed E-state index contributed by atoms with van der Waals surface area (Å²) in [5, 5.41) is 6.23. The Hall–Kier alpha value is -2.13. The first-order valence-corrected chi connectivity index (χ1v) is 7.75. The van der Waals surface area contributed by atoms with Crippen LogP contribution in [0.15, 0.2) is 48.5 Å². The van der Waals surface area contributed by atoms with Crippen LogP contribution in [0.3, 0.4) is 0 Å². The number of hydrogen-bond donors (Lipinski definition) is 2. The summed E-state index contributed by atoms with van der Waals surface area (Å²) in [5.41, 5.74) is 4.39. The molecule has 0 saturated carbocycles. The minimum absolute atomic E-state index is 0.0487. The van der Waals surface area contributed by atoms with E-state index in [1.165, 1.54) is 11.1 Å². The smallest absolute Gasteiger partial charge is 0.251 e. The van der Waals surface area contributed by atoms with Crippen LogP contribution in [0.5, 0.6) is 0 Å². The molecule has 116 valence electrons. The number of carbonyl (C=O) groups is 1. The summed E-state index contributed by atoms with van der Waals surface area (Å²) in [6, 6.07) is 16.7. The van der Waals surface area contributed by atoms with Crippen LogP contribution < -0.4 is 10.6 Å². The summed E-state index contributed by atoms with van der Waals surface area (Å²) in [4.78, 5) is 11.7. The van der Waals surface area contributed by atoms with Gasteiger partial charge in [0.2, 0.25) is 0 Å². The number of rotatable bonds is 6. The van der Waals surface area contributed by atoms with Crippen molar-refractivity contribution in [3.63, 3.8) is 0 Å². The lowest BCUT2D eigenvalue weighted by atomic mass is 10.0. The lowest BCUT2D eigenvalue weighted by Gasteiger charge is -2.18. The third kappa shape index (κ3) is 4.18. The SMILES string of the molecule is CC[C@@H](NCc1cccc(C(=O)NC)c1)c1ccc(C)cc1. The molecule has 2 N–H and O–H groups in total. The molecule has 0 radical (unpaired) electrons. The van der Waals surface area contributed by atoms with Crippen LogP contribution in [0.2, 0.25) is 0 Å². The standard InChI is InChI=1S/C19H24N2O/c1-4-18(16-10-8-14(2)9-11-16)21-13-15-6-5-7-17(12-15)19(22)20-3/h5-12,18,21H,4,13H2,1-3H3,(H,20,22)/t18-/m1/s1. The van der Waals surface area contributed by atoms with E-state index < -0.39 is 0 Å². The second kappa shape index (κ2) is 7.76. The van der Waals surface area contributed by atoms with Crippen molar-refractivity contribution in [2.75, 3.05) is 7.05 Å². The van der Waals surface area contributed by atoms with Gasteiger partial charge in [0.15, 0.2) is 0 Å². The maximum atomic E-state index is 11.7. The van der Waals surface area contributed by atoms with Gasteiger partial charge in [-0.15, -0.1) is 0 Å². The van der Waals surface area contributed by atoms with E-state index in [0.29, 0.717) is 11.6 Å². The summed E-state index contributed by atoms with van der Waals surface area (Å²) in [6.45, 7) is 5.03. The van der Waals surface area contributed by atoms with Crippen molar-refractivity contribution in [1.29, 1.82) is 0 Å². The average molecular weight is 296 g/mol.